The molecule has 122 valence electrons. The van der Waals surface area contributed by atoms with Crippen LogP contribution >= 0.6 is 0 Å². The van der Waals surface area contributed by atoms with Crippen LogP contribution in [-0.4, -0.2) is 13.1 Å². The van der Waals surface area contributed by atoms with E-state index in [1.54, 1.807) is 0 Å². The van der Waals surface area contributed by atoms with Crippen LogP contribution in [0.25, 0.3) is 0 Å². The minimum absolute atomic E-state index is 0.0123. The predicted octanol–water partition coefficient (Wildman–Crippen LogP) is 5.66. The van der Waals surface area contributed by atoms with Gasteiger partial charge in [-0.1, -0.05) is 57.6 Å². The Labute approximate surface area is 131 Å². The summed E-state index contributed by atoms with van der Waals surface area (Å²) in [5, 5.41) is 0. The summed E-state index contributed by atoms with van der Waals surface area (Å²) in [6, 6.07) is 0. The van der Waals surface area contributed by atoms with E-state index in [2.05, 4.69) is 19.1 Å². The van der Waals surface area contributed by atoms with Crippen molar-refractivity contribution in [1.82, 2.24) is 0 Å². The summed E-state index contributed by atoms with van der Waals surface area (Å²) in [5.74, 6) is 0.697. The maximum absolute atomic E-state index is 12.0. The second-order valence-corrected chi connectivity index (χ2v) is 6.43. The first kappa shape index (κ1) is 18.3. The third-order valence-corrected chi connectivity index (χ3v) is 4.76. The normalized spacial score (nSPS) is 18.0. The zero-order valence-corrected chi connectivity index (χ0v) is 14.1. The van der Waals surface area contributed by atoms with Gasteiger partial charge < -0.3 is 4.74 Å². The molecule has 2 heteroatoms. The highest BCUT2D eigenvalue weighted by Crippen LogP contribution is 2.33. The quantitative estimate of drug-likeness (QED) is 0.295. The molecule has 0 aliphatic heterocycles. The molecule has 0 aromatic carbocycles. The minimum atomic E-state index is 0.0123. The van der Waals surface area contributed by atoms with Crippen LogP contribution in [0.3, 0.4) is 0 Å². The number of hydrogen-bond acceptors (Lipinski definition) is 2. The van der Waals surface area contributed by atoms with Crippen LogP contribution < -0.4 is 0 Å². The maximum atomic E-state index is 12.0. The third kappa shape index (κ3) is 7.68. The third-order valence-electron chi connectivity index (χ3n) is 4.76. The summed E-state index contributed by atoms with van der Waals surface area (Å²) in [6.45, 7) is 2.24. The molecule has 0 spiro atoms. The molecule has 1 rings (SSSR count). The predicted molar refractivity (Wildman–Crippen MR) is 89.2 cm³/mol. The Kier molecular flexibility index (Phi) is 10.3. The molecule has 1 aliphatic rings. The van der Waals surface area contributed by atoms with E-state index in [1.165, 1.54) is 71.3 Å². The fourth-order valence-corrected chi connectivity index (χ4v) is 3.43. The molecule has 0 aromatic heterocycles. The van der Waals surface area contributed by atoms with Gasteiger partial charge in [0.05, 0.1) is 13.0 Å². The first-order valence-corrected chi connectivity index (χ1v) is 9.02. The van der Waals surface area contributed by atoms with E-state index in [-0.39, 0.29) is 11.9 Å². The van der Waals surface area contributed by atoms with Crippen molar-refractivity contribution in [2.24, 2.45) is 11.8 Å². The van der Waals surface area contributed by atoms with Gasteiger partial charge in [0.1, 0.15) is 0 Å². The fraction of sp³-hybridized carbons (Fsp3) is 0.842. The molecular weight excluding hydrogens is 260 g/mol. The van der Waals surface area contributed by atoms with Crippen molar-refractivity contribution in [3.05, 3.63) is 12.2 Å². The largest absolute Gasteiger partial charge is 0.469 e. The van der Waals surface area contributed by atoms with Crippen molar-refractivity contribution in [3.63, 3.8) is 0 Å². The summed E-state index contributed by atoms with van der Waals surface area (Å²) >= 11 is 0. The molecule has 2 nitrogen and oxygen atoms in total. The van der Waals surface area contributed by atoms with Gasteiger partial charge >= 0.3 is 5.97 Å². The molecule has 0 amide bonds. The summed E-state index contributed by atoms with van der Waals surface area (Å²) in [5.41, 5.74) is 0. The second-order valence-electron chi connectivity index (χ2n) is 6.43. The lowest BCUT2D eigenvalue weighted by atomic mass is 9.78. The Bertz CT molecular complexity index is 290. The molecular formula is C19H34O2. The number of esters is 1. The highest BCUT2D eigenvalue weighted by molar-refractivity contribution is 5.72. The molecule has 1 unspecified atom stereocenters. The number of carbonyl (C=O) groups is 1. The Balaban J connectivity index is 2.26. The van der Waals surface area contributed by atoms with E-state index in [9.17, 15) is 4.79 Å². The lowest BCUT2D eigenvalue weighted by Crippen LogP contribution is -2.26. The molecule has 0 aromatic rings. The van der Waals surface area contributed by atoms with Crippen molar-refractivity contribution < 1.29 is 9.53 Å². The number of unbranched alkanes of at least 4 members (excludes halogenated alkanes) is 4. The van der Waals surface area contributed by atoms with Gasteiger partial charge in [-0.25, -0.2) is 0 Å². The van der Waals surface area contributed by atoms with E-state index >= 15 is 0 Å². The van der Waals surface area contributed by atoms with E-state index < -0.39 is 0 Å². The van der Waals surface area contributed by atoms with Gasteiger partial charge in [-0.05, 0) is 44.4 Å². The Hall–Kier alpha value is -0.790. The smallest absolute Gasteiger partial charge is 0.308 e. The van der Waals surface area contributed by atoms with E-state index in [4.69, 9.17) is 4.74 Å². The van der Waals surface area contributed by atoms with Crippen LogP contribution in [0, 0.1) is 11.8 Å². The van der Waals surface area contributed by atoms with Crippen LogP contribution in [0.15, 0.2) is 12.2 Å². The molecule has 0 heterocycles. The molecule has 1 atom stereocenters. The van der Waals surface area contributed by atoms with Crippen molar-refractivity contribution in [2.75, 3.05) is 7.11 Å². The molecule has 1 fully saturated rings. The van der Waals surface area contributed by atoms with E-state index in [0.29, 0.717) is 5.92 Å². The van der Waals surface area contributed by atoms with Gasteiger partial charge in [0.25, 0.3) is 0 Å². The summed E-state index contributed by atoms with van der Waals surface area (Å²) in [4.78, 5) is 12.0. The van der Waals surface area contributed by atoms with Crippen LogP contribution in [0.2, 0.25) is 0 Å². The number of hydrogen-bond donors (Lipinski definition) is 0. The lowest BCUT2D eigenvalue weighted by molar-refractivity contribution is -0.148. The van der Waals surface area contributed by atoms with Crippen LogP contribution in [0.4, 0.5) is 0 Å². The van der Waals surface area contributed by atoms with Gasteiger partial charge in [-0.2, -0.15) is 0 Å². The molecule has 0 N–H and O–H groups in total. The Morgan fingerprint density at radius 3 is 2.48 bits per heavy atom. The molecule has 0 radical (unpaired) electrons. The number of allylic oxidation sites excluding steroid dienone is 2. The lowest BCUT2D eigenvalue weighted by Gasteiger charge is -2.28. The average Bonchev–Trinajstić information content (AvgIpc) is 2.53. The molecule has 1 saturated carbocycles. The first-order chi connectivity index (χ1) is 10.3. The van der Waals surface area contributed by atoms with Crippen molar-refractivity contribution >= 4 is 5.97 Å². The highest BCUT2D eigenvalue weighted by atomic mass is 16.5. The summed E-state index contributed by atoms with van der Waals surface area (Å²) < 4.78 is 5.03. The minimum Gasteiger partial charge on any atom is -0.469 e. The van der Waals surface area contributed by atoms with Crippen LogP contribution in [0.1, 0.15) is 84.0 Å². The van der Waals surface area contributed by atoms with E-state index in [0.717, 1.165) is 12.8 Å². The zero-order chi connectivity index (χ0) is 15.3. The van der Waals surface area contributed by atoms with E-state index in [1.807, 2.05) is 0 Å². The summed E-state index contributed by atoms with van der Waals surface area (Å²) in [6.07, 6.45) is 19.3. The van der Waals surface area contributed by atoms with Crippen LogP contribution in [-0.2, 0) is 9.53 Å². The SMILES string of the molecule is CCCCCCC=CCCC(C(=O)OC)C1CCCCC1. The highest BCUT2D eigenvalue weighted by Gasteiger charge is 2.29. The van der Waals surface area contributed by atoms with Crippen molar-refractivity contribution in [1.29, 1.82) is 0 Å². The van der Waals surface area contributed by atoms with Crippen molar-refractivity contribution in [2.45, 2.75) is 84.0 Å². The first-order valence-electron chi connectivity index (χ1n) is 9.02. The molecule has 0 saturated heterocycles. The summed E-state index contributed by atoms with van der Waals surface area (Å²) in [7, 11) is 1.53. The zero-order valence-electron chi connectivity index (χ0n) is 14.1. The Morgan fingerprint density at radius 1 is 1.10 bits per heavy atom. The monoisotopic (exact) mass is 294 g/mol. The topological polar surface area (TPSA) is 26.3 Å². The number of methoxy groups -OCH3 is 1. The molecule has 1 aliphatic carbocycles. The second kappa shape index (κ2) is 11.8. The van der Waals surface area contributed by atoms with Crippen LogP contribution in [0.5, 0.6) is 0 Å². The Morgan fingerprint density at radius 2 is 1.81 bits per heavy atom. The van der Waals surface area contributed by atoms with Crippen molar-refractivity contribution in [3.8, 4) is 0 Å². The standard InChI is InChI=1S/C19H34O2/c1-3-4-5-6-7-8-9-13-16-18(19(20)21-2)17-14-11-10-12-15-17/h8-9,17-18H,3-7,10-16H2,1-2H3. The molecule has 21 heavy (non-hydrogen) atoms. The van der Waals surface area contributed by atoms with Gasteiger partial charge in [0.15, 0.2) is 0 Å². The van der Waals surface area contributed by atoms with Gasteiger partial charge in [0, 0.05) is 0 Å². The molecule has 0 bridgehead atoms. The van der Waals surface area contributed by atoms with Gasteiger partial charge in [-0.15, -0.1) is 0 Å². The van der Waals surface area contributed by atoms with Gasteiger partial charge in [-0.3, -0.25) is 4.79 Å². The fourth-order valence-electron chi connectivity index (χ4n) is 3.43. The maximum Gasteiger partial charge on any atom is 0.308 e. The number of ether oxygens (including phenoxy) is 1. The number of carbonyl (C=O) groups excluding carboxylic acids is 1. The average molecular weight is 294 g/mol. The van der Waals surface area contributed by atoms with Gasteiger partial charge in [0.2, 0.25) is 0 Å². The number of rotatable bonds is 10.